The van der Waals surface area contributed by atoms with Crippen LogP contribution in [0.2, 0.25) is 0 Å². The van der Waals surface area contributed by atoms with Crippen LogP contribution in [0.4, 0.5) is 11.4 Å². The molecule has 3 aromatic rings. The first kappa shape index (κ1) is 22.9. The first-order valence-corrected chi connectivity index (χ1v) is 11.7. The van der Waals surface area contributed by atoms with E-state index in [1.807, 2.05) is 12.1 Å². The Labute approximate surface area is 188 Å². The van der Waals surface area contributed by atoms with Crippen LogP contribution in [0.5, 0.6) is 0 Å². The van der Waals surface area contributed by atoms with Gasteiger partial charge in [0.2, 0.25) is 0 Å². The maximum absolute atomic E-state index is 11.1. The Morgan fingerprint density at radius 2 is 1.68 bits per heavy atom. The van der Waals surface area contributed by atoms with Gasteiger partial charge in [0, 0.05) is 23.6 Å². The lowest BCUT2D eigenvalue weighted by atomic mass is 10.0. The largest absolute Gasteiger partial charge is 0.314 e. The minimum atomic E-state index is -0.359. The zero-order chi connectivity index (χ0) is 22.5. The predicted molar refractivity (Wildman–Crippen MR) is 129 cm³/mol. The molecule has 0 radical (unpaired) electrons. The van der Waals surface area contributed by atoms with E-state index < -0.39 is 0 Å². The van der Waals surface area contributed by atoms with E-state index in [0.29, 0.717) is 5.92 Å². The summed E-state index contributed by atoms with van der Waals surface area (Å²) in [6.07, 6.45) is 3.42. The number of non-ortho nitro benzene ring substituents is 1. The Kier molecular flexibility index (Phi) is 7.44. The molecule has 1 heterocycles. The molecule has 1 unspecified atom stereocenters. The minimum absolute atomic E-state index is 0.107. The standard InChI is InChI=1S/C25H31N3O2S/c1-17(2)8-6-11-20(5)27-23(21-12-14-22(15-13-21)28(29)30)16-31-25(27)26-24-18(3)9-7-10-19(24)4/h7,9-10,12-17,20H,6,8,11H2,1-5H3. The molecule has 0 bridgehead atoms. The van der Waals surface area contributed by atoms with Crippen molar-refractivity contribution in [1.29, 1.82) is 0 Å². The fourth-order valence-corrected chi connectivity index (χ4v) is 4.82. The molecule has 0 spiro atoms. The van der Waals surface area contributed by atoms with Crippen molar-refractivity contribution >= 4 is 22.7 Å². The Bertz CT molecular complexity index is 1090. The van der Waals surface area contributed by atoms with Gasteiger partial charge in [-0.2, -0.15) is 0 Å². The third kappa shape index (κ3) is 5.50. The van der Waals surface area contributed by atoms with Gasteiger partial charge in [-0.05, 0) is 61.9 Å². The lowest BCUT2D eigenvalue weighted by Crippen LogP contribution is -2.20. The molecule has 5 nitrogen and oxygen atoms in total. The van der Waals surface area contributed by atoms with Crippen molar-refractivity contribution in [2.75, 3.05) is 0 Å². The molecule has 0 saturated carbocycles. The number of para-hydroxylation sites is 1. The van der Waals surface area contributed by atoms with Crippen LogP contribution >= 0.6 is 11.3 Å². The summed E-state index contributed by atoms with van der Waals surface area (Å²) in [7, 11) is 0. The maximum atomic E-state index is 11.1. The summed E-state index contributed by atoms with van der Waals surface area (Å²) in [4.78, 5) is 16.7. The number of hydrogen-bond donors (Lipinski definition) is 0. The van der Waals surface area contributed by atoms with Crippen LogP contribution in [0, 0.1) is 29.9 Å². The monoisotopic (exact) mass is 437 g/mol. The summed E-state index contributed by atoms with van der Waals surface area (Å²) < 4.78 is 2.30. The van der Waals surface area contributed by atoms with Gasteiger partial charge < -0.3 is 4.57 Å². The van der Waals surface area contributed by atoms with E-state index in [1.54, 1.807) is 23.5 Å². The second kappa shape index (κ2) is 10.1. The third-order valence-electron chi connectivity index (χ3n) is 5.61. The van der Waals surface area contributed by atoms with Gasteiger partial charge in [0.25, 0.3) is 5.69 Å². The fraction of sp³-hybridized carbons (Fsp3) is 0.400. The fourth-order valence-electron chi connectivity index (χ4n) is 3.82. The van der Waals surface area contributed by atoms with E-state index in [9.17, 15) is 10.1 Å². The van der Waals surface area contributed by atoms with Gasteiger partial charge in [0.1, 0.15) is 0 Å². The number of benzene rings is 2. The zero-order valence-corrected chi connectivity index (χ0v) is 19.8. The van der Waals surface area contributed by atoms with Crippen molar-refractivity contribution in [3.8, 4) is 11.3 Å². The average molecular weight is 438 g/mol. The second-order valence-corrected chi connectivity index (χ2v) is 9.44. The smallest absolute Gasteiger partial charge is 0.269 e. The van der Waals surface area contributed by atoms with E-state index in [4.69, 9.17) is 4.99 Å². The number of aromatic nitrogens is 1. The van der Waals surface area contributed by atoms with Gasteiger partial charge in [-0.15, -0.1) is 11.3 Å². The first-order chi connectivity index (χ1) is 14.8. The molecule has 3 rings (SSSR count). The maximum Gasteiger partial charge on any atom is 0.269 e. The second-order valence-electron chi connectivity index (χ2n) is 8.60. The van der Waals surface area contributed by atoms with E-state index >= 15 is 0 Å². The lowest BCUT2D eigenvalue weighted by Gasteiger charge is -2.18. The van der Waals surface area contributed by atoms with Crippen LogP contribution in [-0.2, 0) is 0 Å². The van der Waals surface area contributed by atoms with E-state index in [0.717, 1.165) is 45.7 Å². The highest BCUT2D eigenvalue weighted by molar-refractivity contribution is 7.07. The van der Waals surface area contributed by atoms with Crippen molar-refractivity contribution in [2.45, 2.75) is 59.9 Å². The molecule has 2 aromatic carbocycles. The molecule has 1 aromatic heterocycles. The Morgan fingerprint density at radius 3 is 2.26 bits per heavy atom. The first-order valence-electron chi connectivity index (χ1n) is 10.8. The number of nitrogens with zero attached hydrogens (tertiary/aromatic N) is 3. The summed E-state index contributed by atoms with van der Waals surface area (Å²) in [5.41, 5.74) is 5.47. The molecule has 6 heteroatoms. The highest BCUT2D eigenvalue weighted by Crippen LogP contribution is 2.29. The van der Waals surface area contributed by atoms with Gasteiger partial charge in [-0.3, -0.25) is 10.1 Å². The highest BCUT2D eigenvalue weighted by atomic mass is 32.1. The van der Waals surface area contributed by atoms with Gasteiger partial charge in [0.05, 0.1) is 16.3 Å². The van der Waals surface area contributed by atoms with Crippen LogP contribution in [0.15, 0.2) is 52.8 Å². The number of nitro groups is 1. The molecule has 0 saturated heterocycles. The number of rotatable bonds is 8. The van der Waals surface area contributed by atoms with Gasteiger partial charge in [-0.1, -0.05) is 44.9 Å². The molecule has 164 valence electrons. The molecule has 31 heavy (non-hydrogen) atoms. The molecule has 1 atom stereocenters. The SMILES string of the molecule is Cc1cccc(C)c1N=c1scc(-c2ccc([N+](=O)[O-])cc2)n1C(C)CCCC(C)C. The molecule has 0 aliphatic carbocycles. The van der Waals surface area contributed by atoms with Gasteiger partial charge in [0.15, 0.2) is 4.80 Å². The van der Waals surface area contributed by atoms with Crippen molar-refractivity contribution in [1.82, 2.24) is 4.57 Å². The highest BCUT2D eigenvalue weighted by Gasteiger charge is 2.16. The Hall–Kier alpha value is -2.73. The van der Waals surface area contributed by atoms with Crippen molar-refractivity contribution in [3.05, 3.63) is 73.9 Å². The van der Waals surface area contributed by atoms with Crippen LogP contribution in [0.1, 0.15) is 57.2 Å². The molecule has 0 aliphatic rings. The number of hydrogen-bond acceptors (Lipinski definition) is 4. The zero-order valence-electron chi connectivity index (χ0n) is 19.0. The van der Waals surface area contributed by atoms with Crippen LogP contribution < -0.4 is 4.80 Å². The minimum Gasteiger partial charge on any atom is -0.314 e. The summed E-state index contributed by atoms with van der Waals surface area (Å²) in [6, 6.07) is 13.3. The Morgan fingerprint density at radius 1 is 1.03 bits per heavy atom. The van der Waals surface area contributed by atoms with Crippen LogP contribution in [0.25, 0.3) is 11.3 Å². The normalized spacial score (nSPS) is 13.0. The number of nitro benzene ring substituents is 1. The van der Waals surface area contributed by atoms with Crippen molar-refractivity contribution in [2.24, 2.45) is 10.9 Å². The quantitative estimate of drug-likeness (QED) is 0.273. The topological polar surface area (TPSA) is 60.4 Å². The van der Waals surface area contributed by atoms with Crippen LogP contribution in [-0.4, -0.2) is 9.49 Å². The molecule has 0 amide bonds. The molecular formula is C25H31N3O2S. The number of aryl methyl sites for hydroxylation is 2. The third-order valence-corrected chi connectivity index (χ3v) is 6.45. The van der Waals surface area contributed by atoms with Crippen LogP contribution in [0.3, 0.4) is 0 Å². The van der Waals surface area contributed by atoms with Crippen molar-refractivity contribution < 1.29 is 4.92 Å². The summed E-state index contributed by atoms with van der Waals surface area (Å²) >= 11 is 1.62. The molecule has 0 N–H and O–H groups in total. The summed E-state index contributed by atoms with van der Waals surface area (Å²) in [6.45, 7) is 10.9. The molecule has 0 aliphatic heterocycles. The van der Waals surface area contributed by atoms with E-state index in [1.165, 1.54) is 6.42 Å². The molecular weight excluding hydrogens is 406 g/mol. The summed E-state index contributed by atoms with van der Waals surface area (Å²) in [5.74, 6) is 0.688. The van der Waals surface area contributed by atoms with E-state index in [2.05, 4.69) is 62.8 Å². The van der Waals surface area contributed by atoms with Crippen molar-refractivity contribution in [3.63, 3.8) is 0 Å². The Balaban J connectivity index is 2.09. The van der Waals surface area contributed by atoms with Gasteiger partial charge >= 0.3 is 0 Å². The average Bonchev–Trinajstić information content (AvgIpc) is 3.14. The molecule has 0 fully saturated rings. The predicted octanol–water partition coefficient (Wildman–Crippen LogP) is 7.36. The lowest BCUT2D eigenvalue weighted by molar-refractivity contribution is -0.384. The number of thiazole rings is 1. The van der Waals surface area contributed by atoms with E-state index in [-0.39, 0.29) is 16.7 Å². The summed E-state index contributed by atoms with van der Waals surface area (Å²) in [5, 5.41) is 13.2. The van der Waals surface area contributed by atoms with Gasteiger partial charge in [-0.25, -0.2) is 4.99 Å².